The predicted molar refractivity (Wildman–Crippen MR) is 79.2 cm³/mol. The van der Waals surface area contributed by atoms with Crippen molar-refractivity contribution in [2.24, 2.45) is 0 Å². The number of nitrogens with zero attached hydrogens (tertiary/aromatic N) is 3. The minimum absolute atomic E-state index is 0.183. The van der Waals surface area contributed by atoms with E-state index in [9.17, 15) is 9.59 Å². The zero-order chi connectivity index (χ0) is 16.3. The Labute approximate surface area is 132 Å². The number of rotatable bonds is 5. The van der Waals surface area contributed by atoms with Gasteiger partial charge in [0.1, 0.15) is 5.69 Å². The number of nitrogens with one attached hydrogen (secondary N) is 1. The molecule has 0 spiro atoms. The van der Waals surface area contributed by atoms with Crippen LogP contribution in [0.4, 0.5) is 0 Å². The molecule has 1 unspecified atom stereocenters. The highest BCUT2D eigenvalue weighted by Crippen LogP contribution is 2.23. The van der Waals surface area contributed by atoms with Crippen molar-refractivity contribution in [3.63, 3.8) is 0 Å². The summed E-state index contributed by atoms with van der Waals surface area (Å²) in [6.45, 7) is 0.609. The van der Waals surface area contributed by atoms with Crippen LogP contribution in [-0.2, 0) is 9.53 Å². The molecule has 1 saturated heterocycles. The van der Waals surface area contributed by atoms with Gasteiger partial charge in [-0.15, -0.1) is 0 Å². The first-order valence-corrected chi connectivity index (χ1v) is 7.16. The first-order valence-electron chi connectivity index (χ1n) is 7.16. The number of hydrogen-bond donors (Lipinski definition) is 2. The Morgan fingerprint density at radius 3 is 2.96 bits per heavy atom. The van der Waals surface area contributed by atoms with E-state index in [0.29, 0.717) is 18.7 Å². The Kier molecular flexibility index (Phi) is 4.07. The maximum atomic E-state index is 12.5. The number of ether oxygens (including phenoxy) is 1. The molecule has 3 heterocycles. The molecule has 0 bridgehead atoms. The van der Waals surface area contributed by atoms with Gasteiger partial charge in [-0.05, 0) is 24.6 Å². The monoisotopic (exact) mass is 316 g/mol. The maximum Gasteiger partial charge on any atom is 0.305 e. The Morgan fingerprint density at radius 1 is 1.43 bits per heavy atom. The topological polar surface area (TPSA) is 106 Å². The standard InChI is InChI=1S/C15H16N4O4/c20-13(21)9-15(3-7-23-10-15)18-14(22)12-8-11(2-5-16-12)19-6-1-4-17-19/h1-2,4-6,8H,3,7,9-10H2,(H,18,22)(H,20,21). The van der Waals surface area contributed by atoms with Crippen LogP contribution >= 0.6 is 0 Å². The van der Waals surface area contributed by atoms with Crippen molar-refractivity contribution in [2.45, 2.75) is 18.4 Å². The van der Waals surface area contributed by atoms with E-state index in [2.05, 4.69) is 15.4 Å². The molecule has 1 aliphatic heterocycles. The third-order valence-electron chi connectivity index (χ3n) is 3.72. The molecule has 0 aliphatic carbocycles. The highest BCUT2D eigenvalue weighted by molar-refractivity contribution is 5.93. The van der Waals surface area contributed by atoms with Crippen molar-refractivity contribution in [3.8, 4) is 5.69 Å². The molecular weight excluding hydrogens is 300 g/mol. The molecule has 1 aliphatic rings. The maximum absolute atomic E-state index is 12.5. The first kappa shape index (κ1) is 15.2. The van der Waals surface area contributed by atoms with Crippen LogP contribution in [-0.4, -0.2) is 50.5 Å². The van der Waals surface area contributed by atoms with E-state index in [-0.39, 0.29) is 18.7 Å². The quantitative estimate of drug-likeness (QED) is 0.838. The third kappa shape index (κ3) is 3.37. The van der Waals surface area contributed by atoms with Crippen LogP contribution in [0.2, 0.25) is 0 Å². The van der Waals surface area contributed by atoms with Crippen molar-refractivity contribution >= 4 is 11.9 Å². The minimum Gasteiger partial charge on any atom is -0.481 e. The molecule has 2 aromatic rings. The van der Waals surface area contributed by atoms with E-state index < -0.39 is 17.4 Å². The number of aliphatic carboxylic acids is 1. The van der Waals surface area contributed by atoms with Gasteiger partial charge in [-0.3, -0.25) is 14.6 Å². The molecular formula is C15H16N4O4. The van der Waals surface area contributed by atoms with Crippen molar-refractivity contribution < 1.29 is 19.4 Å². The lowest BCUT2D eigenvalue weighted by atomic mass is 9.94. The Morgan fingerprint density at radius 2 is 2.30 bits per heavy atom. The van der Waals surface area contributed by atoms with Gasteiger partial charge in [-0.1, -0.05) is 0 Å². The number of hydrogen-bond acceptors (Lipinski definition) is 5. The Hall–Kier alpha value is -2.74. The van der Waals surface area contributed by atoms with Gasteiger partial charge in [0, 0.05) is 25.2 Å². The van der Waals surface area contributed by atoms with Crippen LogP contribution in [0.1, 0.15) is 23.3 Å². The molecule has 0 saturated carbocycles. The SMILES string of the molecule is O=C(O)CC1(NC(=O)c2cc(-n3cccn3)ccn2)CCOC1. The van der Waals surface area contributed by atoms with Gasteiger partial charge in [-0.25, -0.2) is 4.68 Å². The van der Waals surface area contributed by atoms with Crippen molar-refractivity contribution in [1.29, 1.82) is 0 Å². The second-order valence-electron chi connectivity index (χ2n) is 5.46. The summed E-state index contributed by atoms with van der Waals surface area (Å²) in [6, 6.07) is 5.11. The number of carbonyl (C=O) groups excluding carboxylic acids is 1. The van der Waals surface area contributed by atoms with Crippen molar-refractivity contribution in [2.75, 3.05) is 13.2 Å². The van der Waals surface area contributed by atoms with E-state index in [4.69, 9.17) is 9.84 Å². The first-order chi connectivity index (χ1) is 11.1. The molecule has 0 radical (unpaired) electrons. The van der Waals surface area contributed by atoms with E-state index in [1.807, 2.05) is 0 Å². The van der Waals surface area contributed by atoms with Crippen LogP contribution in [0, 0.1) is 0 Å². The fourth-order valence-corrected chi connectivity index (χ4v) is 2.59. The lowest BCUT2D eigenvalue weighted by molar-refractivity contribution is -0.138. The van der Waals surface area contributed by atoms with E-state index in [1.165, 1.54) is 6.20 Å². The van der Waals surface area contributed by atoms with E-state index in [0.717, 1.165) is 0 Å². The lowest BCUT2D eigenvalue weighted by Gasteiger charge is -2.26. The van der Waals surface area contributed by atoms with E-state index >= 15 is 0 Å². The van der Waals surface area contributed by atoms with Crippen LogP contribution in [0.3, 0.4) is 0 Å². The molecule has 8 heteroatoms. The summed E-state index contributed by atoms with van der Waals surface area (Å²) < 4.78 is 6.88. The van der Waals surface area contributed by atoms with Gasteiger partial charge in [0.25, 0.3) is 5.91 Å². The van der Waals surface area contributed by atoms with Crippen LogP contribution in [0.5, 0.6) is 0 Å². The lowest BCUT2D eigenvalue weighted by Crippen LogP contribution is -2.50. The fraction of sp³-hybridized carbons (Fsp3) is 0.333. The summed E-state index contributed by atoms with van der Waals surface area (Å²) in [5, 5.41) is 15.9. The fourth-order valence-electron chi connectivity index (χ4n) is 2.59. The second-order valence-corrected chi connectivity index (χ2v) is 5.46. The summed E-state index contributed by atoms with van der Waals surface area (Å²) in [5.74, 6) is -1.40. The van der Waals surface area contributed by atoms with Crippen molar-refractivity contribution in [3.05, 3.63) is 42.5 Å². The molecule has 2 aromatic heterocycles. The summed E-state index contributed by atoms with van der Waals surface area (Å²) in [6.07, 6.45) is 5.19. The molecule has 3 rings (SSSR count). The smallest absolute Gasteiger partial charge is 0.305 e. The number of carboxylic acid groups (broad SMARTS) is 1. The van der Waals surface area contributed by atoms with E-state index in [1.54, 1.807) is 35.3 Å². The predicted octanol–water partition coefficient (Wildman–Crippen LogP) is 0.631. The molecule has 1 amide bonds. The number of carboxylic acids is 1. The van der Waals surface area contributed by atoms with Gasteiger partial charge in [-0.2, -0.15) is 5.10 Å². The van der Waals surface area contributed by atoms with Gasteiger partial charge in [0.15, 0.2) is 0 Å². The van der Waals surface area contributed by atoms with Gasteiger partial charge in [0.2, 0.25) is 0 Å². The number of pyridine rings is 1. The number of carbonyl (C=O) groups is 2. The summed E-state index contributed by atoms with van der Waals surface area (Å²) in [7, 11) is 0. The average molecular weight is 316 g/mol. The normalized spacial score (nSPS) is 20.3. The number of aromatic nitrogens is 3. The summed E-state index contributed by atoms with van der Waals surface area (Å²) in [5.41, 5.74) is 0.0199. The highest BCUT2D eigenvalue weighted by Gasteiger charge is 2.39. The average Bonchev–Trinajstić information content (AvgIpc) is 3.19. The van der Waals surface area contributed by atoms with Gasteiger partial charge >= 0.3 is 5.97 Å². The molecule has 1 fully saturated rings. The number of amides is 1. The zero-order valence-corrected chi connectivity index (χ0v) is 12.3. The Bertz CT molecular complexity index is 708. The summed E-state index contributed by atoms with van der Waals surface area (Å²) in [4.78, 5) is 27.6. The molecule has 1 atom stereocenters. The van der Waals surface area contributed by atoms with Crippen LogP contribution < -0.4 is 5.32 Å². The van der Waals surface area contributed by atoms with Gasteiger partial charge < -0.3 is 15.2 Å². The molecule has 2 N–H and O–H groups in total. The van der Waals surface area contributed by atoms with Crippen LogP contribution in [0.25, 0.3) is 5.69 Å². The highest BCUT2D eigenvalue weighted by atomic mass is 16.5. The molecule has 120 valence electrons. The third-order valence-corrected chi connectivity index (χ3v) is 3.72. The molecule has 0 aromatic carbocycles. The summed E-state index contributed by atoms with van der Waals surface area (Å²) >= 11 is 0. The molecule has 23 heavy (non-hydrogen) atoms. The second kappa shape index (κ2) is 6.17. The zero-order valence-electron chi connectivity index (χ0n) is 12.3. The van der Waals surface area contributed by atoms with Crippen molar-refractivity contribution in [1.82, 2.24) is 20.1 Å². The van der Waals surface area contributed by atoms with Crippen LogP contribution in [0.15, 0.2) is 36.8 Å². The largest absolute Gasteiger partial charge is 0.481 e. The van der Waals surface area contributed by atoms with Gasteiger partial charge in [0.05, 0.1) is 24.3 Å². The Balaban J connectivity index is 1.80. The minimum atomic E-state index is -0.978. The molecule has 8 nitrogen and oxygen atoms in total.